The Morgan fingerprint density at radius 1 is 1.11 bits per heavy atom. The zero-order valence-corrected chi connectivity index (χ0v) is 7.27. The molecule has 0 aromatic rings. The fraction of sp³-hybridized carbons (Fsp3) is 1.00. The van der Waals surface area contributed by atoms with Gasteiger partial charge in [0, 0.05) is 0 Å². The Balaban J connectivity index is 0. The van der Waals surface area contributed by atoms with Gasteiger partial charge in [-0.05, 0) is 0 Å². The van der Waals surface area contributed by atoms with Crippen LogP contribution in [-0.2, 0) is 0 Å². The molecule has 2 heteroatoms. The normalized spacial score (nSPS) is 10.0. The molecule has 9 heavy (non-hydrogen) atoms. The molecule has 0 aliphatic rings. The molecule has 0 saturated carbocycles. The first-order chi connectivity index (χ1) is 3.91. The van der Waals surface area contributed by atoms with Crippen LogP contribution in [0.1, 0.15) is 13.3 Å². The van der Waals surface area contributed by atoms with E-state index in [4.69, 9.17) is 0 Å². The third kappa shape index (κ3) is 328. The van der Waals surface area contributed by atoms with Crippen molar-refractivity contribution in [3.05, 3.63) is 0 Å². The van der Waals surface area contributed by atoms with Crippen LogP contribution >= 0.6 is 0 Å². The monoisotopic (exact) mass is 133 g/mol. The maximum atomic E-state index is 9.30. The standard InChI is InChI=1S/C4H12N.C3H7O/c1-5(2,3)4;1-2-3-4/h1-4H3;2-3H2,1H3/q+1;-1. The van der Waals surface area contributed by atoms with Crippen LogP contribution in [0, 0.1) is 0 Å². The highest BCUT2D eigenvalue weighted by Gasteiger charge is 1.88. The number of hydrogen-bond acceptors (Lipinski definition) is 1. The van der Waals surface area contributed by atoms with Crippen LogP contribution in [0.5, 0.6) is 0 Å². The molecular weight excluding hydrogens is 114 g/mol. The zero-order chi connectivity index (χ0) is 7.91. The quantitative estimate of drug-likeness (QED) is 0.464. The summed E-state index contributed by atoms with van der Waals surface area (Å²) in [6.07, 6.45) is 0.764. The summed E-state index contributed by atoms with van der Waals surface area (Å²) in [7, 11) is 8.50. The first-order valence-electron chi connectivity index (χ1n) is 3.28. The molecule has 0 rings (SSSR count). The average molecular weight is 133 g/mol. The van der Waals surface area contributed by atoms with E-state index in [2.05, 4.69) is 28.2 Å². The Morgan fingerprint density at radius 2 is 1.22 bits per heavy atom. The summed E-state index contributed by atoms with van der Waals surface area (Å²) in [6, 6.07) is 0. The molecule has 0 aromatic heterocycles. The third-order valence-corrected chi connectivity index (χ3v) is 0.204. The van der Waals surface area contributed by atoms with Gasteiger partial charge in [-0.3, -0.25) is 0 Å². The lowest BCUT2D eigenvalue weighted by atomic mass is 10.5. The van der Waals surface area contributed by atoms with Crippen molar-refractivity contribution in [2.75, 3.05) is 34.8 Å². The van der Waals surface area contributed by atoms with E-state index in [0.29, 0.717) is 0 Å². The number of quaternary nitrogens is 1. The SMILES string of the molecule is CCC[O-].C[N+](C)(C)C. The molecule has 0 unspecified atom stereocenters. The molecule has 0 N–H and O–H groups in total. The lowest BCUT2D eigenvalue weighted by molar-refractivity contribution is -0.849. The van der Waals surface area contributed by atoms with Gasteiger partial charge in [-0.25, -0.2) is 0 Å². The van der Waals surface area contributed by atoms with E-state index in [-0.39, 0.29) is 6.61 Å². The molecule has 0 bridgehead atoms. The lowest BCUT2D eigenvalue weighted by Gasteiger charge is -2.14. The zero-order valence-electron chi connectivity index (χ0n) is 7.27. The average Bonchev–Trinajstić information content (AvgIpc) is 1.61. The third-order valence-electron chi connectivity index (χ3n) is 0.204. The van der Waals surface area contributed by atoms with Crippen molar-refractivity contribution in [3.8, 4) is 0 Å². The number of nitrogens with zero attached hydrogens (tertiary/aromatic N) is 1. The van der Waals surface area contributed by atoms with E-state index in [1.807, 2.05) is 6.92 Å². The molecule has 0 aromatic carbocycles. The predicted molar refractivity (Wildman–Crippen MR) is 39.1 cm³/mol. The maximum absolute atomic E-state index is 9.30. The Hall–Kier alpha value is -0.0800. The molecule has 0 heterocycles. The van der Waals surface area contributed by atoms with Gasteiger partial charge < -0.3 is 9.59 Å². The largest absolute Gasteiger partial charge is 0.854 e. The second kappa shape index (κ2) is 6.05. The van der Waals surface area contributed by atoms with Gasteiger partial charge in [0.25, 0.3) is 0 Å². The van der Waals surface area contributed by atoms with Crippen molar-refractivity contribution < 1.29 is 9.59 Å². The van der Waals surface area contributed by atoms with Crippen molar-refractivity contribution in [1.82, 2.24) is 0 Å². The van der Waals surface area contributed by atoms with E-state index >= 15 is 0 Å². The van der Waals surface area contributed by atoms with Gasteiger partial charge in [0.2, 0.25) is 0 Å². The van der Waals surface area contributed by atoms with Gasteiger partial charge in [-0.2, -0.15) is 0 Å². The van der Waals surface area contributed by atoms with Crippen molar-refractivity contribution in [3.63, 3.8) is 0 Å². The first kappa shape index (κ1) is 11.7. The van der Waals surface area contributed by atoms with Crippen LogP contribution in [0.2, 0.25) is 0 Å². The number of hydrogen-bond donors (Lipinski definition) is 0. The molecule has 0 spiro atoms. The van der Waals surface area contributed by atoms with Crippen molar-refractivity contribution in [2.24, 2.45) is 0 Å². The first-order valence-corrected chi connectivity index (χ1v) is 3.28. The van der Waals surface area contributed by atoms with Gasteiger partial charge in [-0.1, -0.05) is 13.3 Å². The maximum Gasteiger partial charge on any atom is 0.0675 e. The summed E-state index contributed by atoms with van der Waals surface area (Å²) in [4.78, 5) is 0. The Morgan fingerprint density at radius 3 is 1.22 bits per heavy atom. The van der Waals surface area contributed by atoms with Gasteiger partial charge >= 0.3 is 0 Å². The molecule has 0 aliphatic carbocycles. The van der Waals surface area contributed by atoms with Gasteiger partial charge in [-0.15, -0.1) is 6.61 Å². The highest BCUT2D eigenvalue weighted by Crippen LogP contribution is 1.73. The van der Waals surface area contributed by atoms with Crippen LogP contribution in [-0.4, -0.2) is 39.3 Å². The molecular formula is C7H19NO. The minimum absolute atomic E-state index is 0.0694. The van der Waals surface area contributed by atoms with E-state index in [9.17, 15) is 5.11 Å². The number of rotatable bonds is 1. The van der Waals surface area contributed by atoms with E-state index < -0.39 is 0 Å². The molecule has 0 fully saturated rings. The Labute approximate surface area is 58.7 Å². The van der Waals surface area contributed by atoms with Crippen molar-refractivity contribution >= 4 is 0 Å². The van der Waals surface area contributed by atoms with Crippen LogP contribution in [0.25, 0.3) is 0 Å². The summed E-state index contributed by atoms with van der Waals surface area (Å²) in [6.45, 7) is 1.94. The van der Waals surface area contributed by atoms with E-state index in [0.717, 1.165) is 10.9 Å². The molecule has 58 valence electrons. The van der Waals surface area contributed by atoms with Gasteiger partial charge in [0.05, 0.1) is 28.2 Å². The fourth-order valence-corrected chi connectivity index (χ4v) is 0. The molecule has 2 nitrogen and oxygen atoms in total. The van der Waals surface area contributed by atoms with Crippen molar-refractivity contribution in [2.45, 2.75) is 13.3 Å². The lowest BCUT2D eigenvalue weighted by Crippen LogP contribution is -2.27. The summed E-state index contributed by atoms with van der Waals surface area (Å²) in [5.41, 5.74) is 0. The van der Waals surface area contributed by atoms with Gasteiger partial charge in [0.15, 0.2) is 0 Å². The Bertz CT molecular complexity index is 39.4. The van der Waals surface area contributed by atoms with Crippen LogP contribution in [0.15, 0.2) is 0 Å². The summed E-state index contributed by atoms with van der Waals surface area (Å²) in [5.74, 6) is 0. The highest BCUT2D eigenvalue weighted by molar-refractivity contribution is 4.07. The minimum Gasteiger partial charge on any atom is -0.854 e. The highest BCUT2D eigenvalue weighted by atomic mass is 16.2. The summed E-state index contributed by atoms with van der Waals surface area (Å²) < 4.78 is 1.00. The Kier molecular flexibility index (Phi) is 7.85. The van der Waals surface area contributed by atoms with Crippen LogP contribution in [0.3, 0.4) is 0 Å². The molecule has 0 radical (unpaired) electrons. The summed E-state index contributed by atoms with van der Waals surface area (Å²) >= 11 is 0. The predicted octanol–water partition coefficient (Wildman–Crippen LogP) is 0.0791. The topological polar surface area (TPSA) is 23.1 Å². The van der Waals surface area contributed by atoms with Crippen LogP contribution < -0.4 is 5.11 Å². The molecule has 0 amide bonds. The second-order valence-electron chi connectivity index (χ2n) is 3.39. The smallest absolute Gasteiger partial charge is 0.0675 e. The minimum atomic E-state index is 0.0694. The second-order valence-corrected chi connectivity index (χ2v) is 3.39. The molecule has 0 saturated heterocycles. The van der Waals surface area contributed by atoms with Gasteiger partial charge in [0.1, 0.15) is 0 Å². The van der Waals surface area contributed by atoms with Crippen LogP contribution in [0.4, 0.5) is 0 Å². The van der Waals surface area contributed by atoms with E-state index in [1.54, 1.807) is 0 Å². The molecule has 0 atom stereocenters. The molecule has 0 aliphatic heterocycles. The fourth-order valence-electron chi connectivity index (χ4n) is 0. The van der Waals surface area contributed by atoms with E-state index in [1.165, 1.54) is 0 Å². The summed E-state index contributed by atoms with van der Waals surface area (Å²) in [5, 5.41) is 9.30. The van der Waals surface area contributed by atoms with Crippen molar-refractivity contribution in [1.29, 1.82) is 0 Å².